The number of aliphatic imine (C=N–C) groups is 1. The third-order valence-electron chi connectivity index (χ3n) is 3.69. The second kappa shape index (κ2) is 7.29. The van der Waals surface area contributed by atoms with Crippen LogP contribution >= 0.6 is 0 Å². The molecule has 0 saturated heterocycles. The van der Waals surface area contributed by atoms with Crippen LogP contribution < -0.4 is 10.5 Å². The lowest BCUT2D eigenvalue weighted by molar-refractivity contribution is 0.0582. The van der Waals surface area contributed by atoms with Crippen molar-refractivity contribution in [1.82, 2.24) is 9.88 Å². The lowest BCUT2D eigenvalue weighted by Crippen LogP contribution is -2.36. The Balaban J connectivity index is 2.32. The van der Waals surface area contributed by atoms with Gasteiger partial charge >= 0.3 is 6.09 Å². The van der Waals surface area contributed by atoms with E-state index in [0.717, 1.165) is 10.5 Å². The molecule has 2 N–H and O–H groups in total. The van der Waals surface area contributed by atoms with Gasteiger partial charge in [-0.15, -0.1) is 0 Å². The fraction of sp³-hybridized carbons (Fsp3) is 0.500. The number of hydrogen-bond acceptors (Lipinski definition) is 7. The van der Waals surface area contributed by atoms with Crippen LogP contribution in [0.25, 0.3) is 0 Å². The molecule has 2 heterocycles. The highest BCUT2D eigenvalue weighted by Crippen LogP contribution is 2.26. The Morgan fingerprint density at radius 1 is 1.42 bits per heavy atom. The number of rotatable bonds is 5. The summed E-state index contributed by atoms with van der Waals surface area (Å²) in [6.45, 7) is 6.20. The molecule has 1 unspecified atom stereocenters. The molecular weight excluding hydrogens is 312 g/mol. The number of aromatic nitrogens is 1. The van der Waals surface area contributed by atoms with Gasteiger partial charge < -0.3 is 15.2 Å². The highest BCUT2D eigenvalue weighted by molar-refractivity contribution is 6.05. The maximum Gasteiger partial charge on any atom is 0.416 e. The number of fused-ring (bicyclic) bond motifs is 1. The number of amides is 2. The van der Waals surface area contributed by atoms with Crippen molar-refractivity contribution in [3.8, 4) is 5.75 Å². The third kappa shape index (κ3) is 3.47. The van der Waals surface area contributed by atoms with Crippen molar-refractivity contribution in [2.75, 3.05) is 13.7 Å². The SMILES string of the molecule is CCOc1cc2c(nc1C(=O)N(C)C(=O)OC(C)CC)C(N)=NC2. The molecule has 8 heteroatoms. The van der Waals surface area contributed by atoms with Crippen LogP contribution in [0.2, 0.25) is 0 Å². The van der Waals surface area contributed by atoms with E-state index in [2.05, 4.69) is 9.98 Å². The topological polar surface area (TPSA) is 107 Å². The maximum atomic E-state index is 12.7. The van der Waals surface area contributed by atoms with Crippen molar-refractivity contribution < 1.29 is 19.1 Å². The molecule has 1 aliphatic heterocycles. The average molecular weight is 334 g/mol. The normalized spacial score (nSPS) is 13.8. The first kappa shape index (κ1) is 17.7. The molecule has 2 rings (SSSR count). The first-order valence-electron chi connectivity index (χ1n) is 7.84. The van der Waals surface area contributed by atoms with Gasteiger partial charge in [-0.1, -0.05) is 6.92 Å². The number of carbonyl (C=O) groups is 2. The summed E-state index contributed by atoms with van der Waals surface area (Å²) in [4.78, 5) is 34.0. The van der Waals surface area contributed by atoms with Crippen LogP contribution in [-0.4, -0.2) is 47.5 Å². The minimum Gasteiger partial charge on any atom is -0.491 e. The predicted octanol–water partition coefficient (Wildman–Crippen LogP) is 1.71. The number of carbonyl (C=O) groups excluding carboxylic acids is 2. The van der Waals surface area contributed by atoms with Crippen molar-refractivity contribution >= 4 is 17.8 Å². The molecule has 0 saturated carbocycles. The Morgan fingerprint density at radius 2 is 2.12 bits per heavy atom. The van der Waals surface area contributed by atoms with Gasteiger partial charge in [-0.05, 0) is 26.3 Å². The number of ether oxygens (including phenoxy) is 2. The monoisotopic (exact) mass is 334 g/mol. The summed E-state index contributed by atoms with van der Waals surface area (Å²) < 4.78 is 10.7. The fourth-order valence-electron chi connectivity index (χ4n) is 2.12. The Labute approximate surface area is 140 Å². The van der Waals surface area contributed by atoms with Gasteiger partial charge in [0.25, 0.3) is 5.91 Å². The van der Waals surface area contributed by atoms with Gasteiger partial charge in [-0.2, -0.15) is 0 Å². The molecule has 0 radical (unpaired) electrons. The number of amidine groups is 1. The summed E-state index contributed by atoms with van der Waals surface area (Å²) in [7, 11) is 1.34. The fourth-order valence-corrected chi connectivity index (χ4v) is 2.12. The minimum absolute atomic E-state index is 0.0132. The Morgan fingerprint density at radius 3 is 2.75 bits per heavy atom. The first-order valence-corrected chi connectivity index (χ1v) is 7.84. The van der Waals surface area contributed by atoms with E-state index in [-0.39, 0.29) is 17.6 Å². The standard InChI is InChI=1S/C16H22N4O4/c1-5-9(3)24-16(22)20(4)15(21)13-11(23-6-2)7-10-8-18-14(17)12(10)19-13/h7,9H,5-6,8H2,1-4H3,(H2,17,18). The lowest BCUT2D eigenvalue weighted by atomic mass is 10.1. The van der Waals surface area contributed by atoms with E-state index in [1.54, 1.807) is 19.9 Å². The molecule has 0 fully saturated rings. The smallest absolute Gasteiger partial charge is 0.416 e. The zero-order chi connectivity index (χ0) is 17.9. The van der Waals surface area contributed by atoms with Crippen molar-refractivity contribution in [3.63, 3.8) is 0 Å². The lowest BCUT2D eigenvalue weighted by Gasteiger charge is -2.19. The second-order valence-electron chi connectivity index (χ2n) is 5.44. The first-order chi connectivity index (χ1) is 11.4. The van der Waals surface area contributed by atoms with Crippen LogP contribution in [0.5, 0.6) is 5.75 Å². The summed E-state index contributed by atoms with van der Waals surface area (Å²) in [6.07, 6.45) is -0.363. The number of imide groups is 1. The van der Waals surface area contributed by atoms with E-state index in [0.29, 0.717) is 31.0 Å². The molecule has 8 nitrogen and oxygen atoms in total. The molecule has 1 aromatic heterocycles. The summed E-state index contributed by atoms with van der Waals surface area (Å²) in [6, 6.07) is 1.69. The number of nitrogens with zero attached hydrogens (tertiary/aromatic N) is 3. The second-order valence-corrected chi connectivity index (χ2v) is 5.44. The van der Waals surface area contributed by atoms with Crippen LogP contribution in [-0.2, 0) is 11.3 Å². The van der Waals surface area contributed by atoms with E-state index < -0.39 is 12.0 Å². The van der Waals surface area contributed by atoms with Crippen LogP contribution in [0.15, 0.2) is 11.1 Å². The van der Waals surface area contributed by atoms with E-state index in [1.807, 2.05) is 6.92 Å². The van der Waals surface area contributed by atoms with Crippen LogP contribution in [0.3, 0.4) is 0 Å². The minimum atomic E-state index is -0.735. The molecule has 0 aromatic carbocycles. The Hall–Kier alpha value is -2.64. The van der Waals surface area contributed by atoms with E-state index in [4.69, 9.17) is 15.2 Å². The van der Waals surface area contributed by atoms with E-state index in [9.17, 15) is 9.59 Å². The molecule has 0 aliphatic carbocycles. The maximum absolute atomic E-state index is 12.7. The van der Waals surface area contributed by atoms with Gasteiger partial charge in [0, 0.05) is 12.6 Å². The summed E-state index contributed by atoms with van der Waals surface area (Å²) >= 11 is 0. The van der Waals surface area contributed by atoms with Crippen LogP contribution in [0.1, 0.15) is 48.9 Å². The zero-order valence-electron chi connectivity index (χ0n) is 14.3. The summed E-state index contributed by atoms with van der Waals surface area (Å²) in [5.74, 6) is -0.0458. The highest BCUT2D eigenvalue weighted by atomic mass is 16.6. The summed E-state index contributed by atoms with van der Waals surface area (Å²) in [5.41, 5.74) is 7.04. The molecule has 24 heavy (non-hydrogen) atoms. The Bertz CT molecular complexity index is 687. The largest absolute Gasteiger partial charge is 0.491 e. The number of nitrogens with two attached hydrogens (primary N) is 1. The quantitative estimate of drug-likeness (QED) is 0.878. The molecule has 2 amide bonds. The average Bonchev–Trinajstić information content (AvgIpc) is 2.93. The summed E-state index contributed by atoms with van der Waals surface area (Å²) in [5, 5.41) is 0. The zero-order valence-corrected chi connectivity index (χ0v) is 14.3. The van der Waals surface area contributed by atoms with Gasteiger partial charge in [0.15, 0.2) is 11.4 Å². The van der Waals surface area contributed by atoms with Crippen molar-refractivity contribution in [2.45, 2.75) is 39.8 Å². The molecule has 130 valence electrons. The van der Waals surface area contributed by atoms with Crippen molar-refractivity contribution in [3.05, 3.63) is 23.0 Å². The van der Waals surface area contributed by atoms with Crippen LogP contribution in [0, 0.1) is 0 Å². The number of hydrogen-bond donors (Lipinski definition) is 1. The van der Waals surface area contributed by atoms with Gasteiger partial charge in [0.1, 0.15) is 17.6 Å². The van der Waals surface area contributed by atoms with Crippen molar-refractivity contribution in [1.29, 1.82) is 0 Å². The molecule has 0 spiro atoms. The highest BCUT2D eigenvalue weighted by Gasteiger charge is 2.28. The third-order valence-corrected chi connectivity index (χ3v) is 3.69. The molecule has 1 aromatic rings. The van der Waals surface area contributed by atoms with Gasteiger partial charge in [0.05, 0.1) is 13.2 Å². The predicted molar refractivity (Wildman–Crippen MR) is 88.2 cm³/mol. The van der Waals surface area contributed by atoms with Crippen LogP contribution in [0.4, 0.5) is 4.79 Å². The van der Waals surface area contributed by atoms with E-state index >= 15 is 0 Å². The Kier molecular flexibility index (Phi) is 5.38. The molecule has 1 atom stereocenters. The van der Waals surface area contributed by atoms with Crippen molar-refractivity contribution in [2.24, 2.45) is 10.7 Å². The molecule has 1 aliphatic rings. The number of pyridine rings is 1. The van der Waals surface area contributed by atoms with E-state index in [1.165, 1.54) is 7.05 Å². The van der Waals surface area contributed by atoms with Gasteiger partial charge in [-0.25, -0.2) is 14.7 Å². The van der Waals surface area contributed by atoms with Gasteiger partial charge in [0.2, 0.25) is 0 Å². The molecule has 0 bridgehead atoms. The molecular formula is C16H22N4O4. The van der Waals surface area contributed by atoms with Gasteiger partial charge in [-0.3, -0.25) is 9.79 Å².